The summed E-state index contributed by atoms with van der Waals surface area (Å²) in [6, 6.07) is 9.44. The molecule has 1 amide bonds. The molecule has 1 N–H and O–H groups in total. The first-order valence-corrected chi connectivity index (χ1v) is 6.38. The summed E-state index contributed by atoms with van der Waals surface area (Å²) in [4.78, 5) is 14.1. The Morgan fingerprint density at radius 3 is 2.32 bits per heavy atom. The molecule has 0 fully saturated rings. The van der Waals surface area contributed by atoms with Crippen LogP contribution in [-0.4, -0.2) is 35.3 Å². The second-order valence-corrected chi connectivity index (χ2v) is 4.13. The first kappa shape index (κ1) is 15.0. The highest BCUT2D eigenvalue weighted by atomic mass is 16.4. The monoisotopic (exact) mass is 260 g/mol. The van der Waals surface area contributed by atoms with E-state index in [1.807, 2.05) is 44.2 Å². The van der Waals surface area contributed by atoms with Gasteiger partial charge in [-0.3, -0.25) is 4.79 Å². The van der Waals surface area contributed by atoms with Crippen LogP contribution in [0.5, 0.6) is 0 Å². The zero-order chi connectivity index (χ0) is 14.3. The second kappa shape index (κ2) is 7.36. The summed E-state index contributed by atoms with van der Waals surface area (Å²) in [6.45, 7) is 6.95. The van der Waals surface area contributed by atoms with Crippen molar-refractivity contribution in [1.29, 1.82) is 0 Å². The lowest BCUT2D eigenvalue weighted by Crippen LogP contribution is -2.31. The Hall–Kier alpha value is -2.10. The van der Waals surface area contributed by atoms with Crippen LogP contribution in [0, 0.1) is 0 Å². The molecule has 0 saturated carbocycles. The maximum absolute atomic E-state index is 12.3. The molecule has 102 valence electrons. The first-order valence-electron chi connectivity index (χ1n) is 6.38. The average molecular weight is 260 g/mol. The van der Waals surface area contributed by atoms with Crippen molar-refractivity contribution in [3.8, 4) is 0 Å². The number of allylic oxidation sites excluding steroid dienone is 1. The van der Waals surface area contributed by atoms with Gasteiger partial charge in [-0.2, -0.15) is 0 Å². The van der Waals surface area contributed by atoms with Gasteiger partial charge in [-0.15, -0.1) is 0 Å². The van der Waals surface area contributed by atoms with Gasteiger partial charge in [0, 0.05) is 24.2 Å². The number of benzene rings is 1. The van der Waals surface area contributed by atoms with Crippen LogP contribution in [0.3, 0.4) is 0 Å². The van der Waals surface area contributed by atoms with Crippen molar-refractivity contribution < 1.29 is 10.0 Å². The van der Waals surface area contributed by atoms with E-state index in [9.17, 15) is 4.79 Å². The first-order chi connectivity index (χ1) is 9.15. The van der Waals surface area contributed by atoms with E-state index < -0.39 is 0 Å². The van der Waals surface area contributed by atoms with Crippen molar-refractivity contribution in [3.63, 3.8) is 0 Å². The van der Waals surface area contributed by atoms with Gasteiger partial charge in [-0.1, -0.05) is 35.5 Å². The number of hydrogen-bond donors (Lipinski definition) is 1. The number of carbonyl (C=O) groups excluding carboxylic acids is 1. The molecule has 4 nitrogen and oxygen atoms in total. The predicted molar refractivity (Wildman–Crippen MR) is 77.2 cm³/mol. The highest BCUT2D eigenvalue weighted by Gasteiger charge is 2.16. The van der Waals surface area contributed by atoms with Crippen molar-refractivity contribution in [3.05, 3.63) is 41.5 Å². The minimum atomic E-state index is -0.0382. The lowest BCUT2D eigenvalue weighted by Gasteiger charge is -2.20. The minimum Gasteiger partial charge on any atom is -0.411 e. The number of nitrogens with zero attached hydrogens (tertiary/aromatic N) is 2. The summed E-state index contributed by atoms with van der Waals surface area (Å²) in [5.41, 5.74) is 2.08. The van der Waals surface area contributed by atoms with Crippen LogP contribution in [0.4, 0.5) is 0 Å². The summed E-state index contributed by atoms with van der Waals surface area (Å²) in [6.07, 6.45) is 1.31. The fourth-order valence-corrected chi connectivity index (χ4v) is 1.93. The number of rotatable bonds is 5. The van der Waals surface area contributed by atoms with E-state index in [2.05, 4.69) is 5.16 Å². The zero-order valence-corrected chi connectivity index (χ0v) is 11.6. The maximum Gasteiger partial charge on any atom is 0.250 e. The predicted octanol–water partition coefficient (Wildman–Crippen LogP) is 2.79. The second-order valence-electron chi connectivity index (χ2n) is 4.13. The Bertz CT molecular complexity index is 474. The number of hydrogen-bond acceptors (Lipinski definition) is 3. The van der Waals surface area contributed by atoms with Crippen molar-refractivity contribution in [1.82, 2.24) is 4.90 Å². The minimum absolute atomic E-state index is 0.0382. The van der Waals surface area contributed by atoms with Gasteiger partial charge in [0.05, 0.1) is 6.21 Å². The molecule has 0 bridgehead atoms. The van der Waals surface area contributed by atoms with Crippen LogP contribution < -0.4 is 0 Å². The molecule has 0 aliphatic rings. The smallest absolute Gasteiger partial charge is 0.250 e. The molecule has 4 heteroatoms. The van der Waals surface area contributed by atoms with Crippen LogP contribution in [0.2, 0.25) is 0 Å². The van der Waals surface area contributed by atoms with Crippen LogP contribution in [0.1, 0.15) is 26.3 Å². The van der Waals surface area contributed by atoms with Gasteiger partial charge in [-0.25, -0.2) is 0 Å². The van der Waals surface area contributed by atoms with Crippen molar-refractivity contribution in [2.75, 3.05) is 13.1 Å². The number of amides is 1. The molecule has 0 radical (unpaired) electrons. The molecule has 0 aliphatic heterocycles. The molecule has 0 unspecified atom stereocenters. The molecule has 0 heterocycles. The highest BCUT2D eigenvalue weighted by Crippen LogP contribution is 2.18. The Morgan fingerprint density at radius 1 is 1.26 bits per heavy atom. The molecular formula is C15H20N2O2. The molecule has 0 spiro atoms. The van der Waals surface area contributed by atoms with Gasteiger partial charge in [-0.05, 0) is 26.3 Å². The molecule has 1 aromatic rings. The molecule has 0 aliphatic carbocycles. The van der Waals surface area contributed by atoms with Crippen LogP contribution >= 0.6 is 0 Å². The molecule has 0 atom stereocenters. The van der Waals surface area contributed by atoms with E-state index >= 15 is 0 Å². The van der Waals surface area contributed by atoms with E-state index in [0.29, 0.717) is 24.2 Å². The fraction of sp³-hybridized carbons (Fsp3) is 0.333. The van der Waals surface area contributed by atoms with Crippen molar-refractivity contribution in [2.24, 2.45) is 5.16 Å². The summed E-state index contributed by atoms with van der Waals surface area (Å²) in [5.74, 6) is -0.0382. The Kier molecular flexibility index (Phi) is 5.79. The summed E-state index contributed by atoms with van der Waals surface area (Å²) < 4.78 is 0. The van der Waals surface area contributed by atoms with Gasteiger partial charge in [0.2, 0.25) is 5.91 Å². The number of likely N-dealkylation sites (N-methyl/N-ethyl adjacent to an activating group) is 1. The lowest BCUT2D eigenvalue weighted by atomic mass is 10.0. The molecule has 1 aromatic carbocycles. The summed E-state index contributed by atoms with van der Waals surface area (Å²) in [7, 11) is 0. The average Bonchev–Trinajstić information content (AvgIpc) is 2.46. The fourth-order valence-electron chi connectivity index (χ4n) is 1.93. The van der Waals surface area contributed by atoms with E-state index in [1.54, 1.807) is 11.8 Å². The maximum atomic E-state index is 12.3. The standard InChI is InChI=1S/C15H20N2O2/c1-4-17(5-2)15(18)12(3)14(11-16-19)13-9-7-6-8-10-13/h6-11,19H,4-5H2,1-3H3/b14-12-,16-11+. The van der Waals surface area contributed by atoms with Gasteiger partial charge >= 0.3 is 0 Å². The largest absolute Gasteiger partial charge is 0.411 e. The van der Waals surface area contributed by atoms with Crippen molar-refractivity contribution in [2.45, 2.75) is 20.8 Å². The molecule has 19 heavy (non-hydrogen) atoms. The number of carbonyl (C=O) groups is 1. The van der Waals surface area contributed by atoms with Gasteiger partial charge in [0.1, 0.15) is 0 Å². The van der Waals surface area contributed by atoms with E-state index in [-0.39, 0.29) is 5.91 Å². The van der Waals surface area contributed by atoms with Gasteiger partial charge < -0.3 is 10.1 Å². The third kappa shape index (κ3) is 3.68. The molecule has 0 aromatic heterocycles. The Balaban J connectivity index is 3.23. The van der Waals surface area contributed by atoms with E-state index in [4.69, 9.17) is 5.21 Å². The topological polar surface area (TPSA) is 52.9 Å². The summed E-state index contributed by atoms with van der Waals surface area (Å²) >= 11 is 0. The van der Waals surface area contributed by atoms with Gasteiger partial charge in [0.15, 0.2) is 0 Å². The van der Waals surface area contributed by atoms with Crippen LogP contribution in [0.15, 0.2) is 41.1 Å². The number of oxime groups is 1. The molecular weight excluding hydrogens is 240 g/mol. The Morgan fingerprint density at radius 2 is 1.84 bits per heavy atom. The van der Waals surface area contributed by atoms with Crippen LogP contribution in [-0.2, 0) is 4.79 Å². The summed E-state index contributed by atoms with van der Waals surface area (Å²) in [5, 5.41) is 11.9. The quantitative estimate of drug-likeness (QED) is 0.383. The zero-order valence-electron chi connectivity index (χ0n) is 11.6. The molecule has 1 rings (SSSR count). The lowest BCUT2D eigenvalue weighted by molar-refractivity contribution is -0.126. The third-order valence-electron chi connectivity index (χ3n) is 3.05. The van der Waals surface area contributed by atoms with E-state index in [0.717, 1.165) is 5.56 Å². The van der Waals surface area contributed by atoms with E-state index in [1.165, 1.54) is 6.21 Å². The van der Waals surface area contributed by atoms with Crippen molar-refractivity contribution >= 4 is 17.7 Å². The highest BCUT2D eigenvalue weighted by molar-refractivity contribution is 6.18. The van der Waals surface area contributed by atoms with Crippen LogP contribution in [0.25, 0.3) is 5.57 Å². The SMILES string of the molecule is CCN(CC)C(=O)/C(C)=C(/C=N/O)c1ccccc1. The van der Waals surface area contributed by atoms with Gasteiger partial charge in [0.25, 0.3) is 0 Å². The molecule has 0 saturated heterocycles. The normalized spacial score (nSPS) is 12.4. The third-order valence-corrected chi connectivity index (χ3v) is 3.05. The Labute approximate surface area is 114 Å².